The van der Waals surface area contributed by atoms with E-state index in [1.807, 2.05) is 12.1 Å². The number of esters is 1. The predicted molar refractivity (Wildman–Crippen MR) is 78.7 cm³/mol. The molecule has 1 aromatic heterocycles. The van der Waals surface area contributed by atoms with Crippen molar-refractivity contribution < 1.29 is 14.3 Å². The molecule has 0 radical (unpaired) electrons. The quantitative estimate of drug-likeness (QED) is 0.802. The standard InChI is InChI=1S/C17H17NO3/c1-17(9-10-17)13-4-6-14(7-5-13)21-15-8-3-12(11-18-15)16(19)20-2/h3-8,11H,9-10H2,1-2H3. The lowest BCUT2D eigenvalue weighted by molar-refractivity contribution is 0.0600. The molecule has 0 bridgehead atoms. The van der Waals surface area contributed by atoms with E-state index in [9.17, 15) is 4.79 Å². The summed E-state index contributed by atoms with van der Waals surface area (Å²) in [6, 6.07) is 11.4. The molecule has 0 spiro atoms. The maximum absolute atomic E-state index is 11.3. The number of hydrogen-bond donors (Lipinski definition) is 0. The molecule has 3 rings (SSSR count). The molecule has 1 saturated carbocycles. The summed E-state index contributed by atoms with van der Waals surface area (Å²) in [5.41, 5.74) is 2.12. The van der Waals surface area contributed by atoms with E-state index in [0.29, 0.717) is 16.9 Å². The Morgan fingerprint density at radius 2 is 1.86 bits per heavy atom. The minimum Gasteiger partial charge on any atom is -0.465 e. The zero-order chi connectivity index (χ0) is 14.9. The first kappa shape index (κ1) is 13.6. The second kappa shape index (κ2) is 5.20. The van der Waals surface area contributed by atoms with Gasteiger partial charge in [0.25, 0.3) is 0 Å². The van der Waals surface area contributed by atoms with Gasteiger partial charge < -0.3 is 9.47 Å². The molecule has 1 aliphatic carbocycles. The van der Waals surface area contributed by atoms with Crippen LogP contribution in [0.1, 0.15) is 35.7 Å². The van der Waals surface area contributed by atoms with Gasteiger partial charge in [-0.3, -0.25) is 0 Å². The lowest BCUT2D eigenvalue weighted by Gasteiger charge is -2.10. The topological polar surface area (TPSA) is 48.4 Å². The molecular weight excluding hydrogens is 266 g/mol. The second-order valence-corrected chi connectivity index (χ2v) is 5.56. The van der Waals surface area contributed by atoms with E-state index < -0.39 is 5.97 Å². The third-order valence-electron chi connectivity index (χ3n) is 3.93. The van der Waals surface area contributed by atoms with Gasteiger partial charge in [-0.15, -0.1) is 0 Å². The Kier molecular flexibility index (Phi) is 3.37. The first-order valence-corrected chi connectivity index (χ1v) is 6.93. The fourth-order valence-electron chi connectivity index (χ4n) is 2.20. The van der Waals surface area contributed by atoms with E-state index in [1.165, 1.54) is 31.7 Å². The number of aromatic nitrogens is 1. The van der Waals surface area contributed by atoms with E-state index >= 15 is 0 Å². The number of ether oxygens (including phenoxy) is 2. The molecule has 2 aromatic rings. The summed E-state index contributed by atoms with van der Waals surface area (Å²) in [5, 5.41) is 0. The van der Waals surface area contributed by atoms with Crippen molar-refractivity contribution in [2.24, 2.45) is 0 Å². The van der Waals surface area contributed by atoms with Crippen LogP contribution >= 0.6 is 0 Å². The van der Waals surface area contributed by atoms with Gasteiger partial charge in [-0.05, 0) is 42.0 Å². The number of rotatable bonds is 4. The van der Waals surface area contributed by atoms with Gasteiger partial charge in [0, 0.05) is 12.3 Å². The summed E-state index contributed by atoms with van der Waals surface area (Å²) in [6.45, 7) is 2.27. The normalized spacial score (nSPS) is 15.3. The van der Waals surface area contributed by atoms with Gasteiger partial charge in [0.1, 0.15) is 5.75 Å². The number of methoxy groups -OCH3 is 1. The monoisotopic (exact) mass is 283 g/mol. The highest BCUT2D eigenvalue weighted by atomic mass is 16.5. The molecule has 0 N–H and O–H groups in total. The summed E-state index contributed by atoms with van der Waals surface area (Å²) in [6.07, 6.45) is 3.95. The van der Waals surface area contributed by atoms with Crippen molar-refractivity contribution in [3.8, 4) is 11.6 Å². The molecule has 0 atom stereocenters. The Balaban J connectivity index is 1.70. The molecule has 21 heavy (non-hydrogen) atoms. The molecule has 108 valence electrons. The second-order valence-electron chi connectivity index (χ2n) is 5.56. The van der Waals surface area contributed by atoms with Crippen molar-refractivity contribution in [2.75, 3.05) is 7.11 Å². The fraction of sp³-hybridized carbons (Fsp3) is 0.294. The number of benzene rings is 1. The zero-order valence-electron chi connectivity index (χ0n) is 12.1. The summed E-state index contributed by atoms with van der Waals surface area (Å²) < 4.78 is 10.3. The van der Waals surface area contributed by atoms with Crippen LogP contribution in [0.3, 0.4) is 0 Å². The van der Waals surface area contributed by atoms with Crippen LogP contribution in [0.5, 0.6) is 11.6 Å². The van der Waals surface area contributed by atoms with Crippen LogP contribution in [0.25, 0.3) is 0 Å². The lowest BCUT2D eigenvalue weighted by Crippen LogP contribution is -2.02. The average molecular weight is 283 g/mol. The largest absolute Gasteiger partial charge is 0.465 e. The van der Waals surface area contributed by atoms with E-state index in [0.717, 1.165) is 5.75 Å². The Morgan fingerprint density at radius 1 is 1.14 bits per heavy atom. The van der Waals surface area contributed by atoms with Gasteiger partial charge in [-0.2, -0.15) is 0 Å². The number of nitrogens with zero attached hydrogens (tertiary/aromatic N) is 1. The third kappa shape index (κ3) is 2.89. The minimum atomic E-state index is -0.406. The summed E-state index contributed by atoms with van der Waals surface area (Å²) in [7, 11) is 1.34. The first-order valence-electron chi connectivity index (χ1n) is 6.93. The Labute approximate surface area is 123 Å². The Bertz CT molecular complexity index is 643. The van der Waals surface area contributed by atoms with Crippen molar-refractivity contribution in [1.29, 1.82) is 0 Å². The zero-order valence-corrected chi connectivity index (χ0v) is 12.1. The number of pyridine rings is 1. The van der Waals surface area contributed by atoms with E-state index in [1.54, 1.807) is 12.1 Å². The molecule has 4 nitrogen and oxygen atoms in total. The number of hydrogen-bond acceptors (Lipinski definition) is 4. The molecule has 1 aliphatic rings. The van der Waals surface area contributed by atoms with Gasteiger partial charge in [0.2, 0.25) is 5.88 Å². The van der Waals surface area contributed by atoms with E-state index in [-0.39, 0.29) is 0 Å². The van der Waals surface area contributed by atoms with Crippen LogP contribution in [-0.2, 0) is 10.2 Å². The fourth-order valence-corrected chi connectivity index (χ4v) is 2.20. The molecule has 1 aromatic carbocycles. The lowest BCUT2D eigenvalue weighted by atomic mass is 9.99. The highest BCUT2D eigenvalue weighted by Crippen LogP contribution is 2.47. The van der Waals surface area contributed by atoms with E-state index in [4.69, 9.17) is 4.74 Å². The maximum Gasteiger partial charge on any atom is 0.339 e. The molecule has 0 amide bonds. The number of carbonyl (C=O) groups excluding carboxylic acids is 1. The molecule has 0 unspecified atom stereocenters. The molecule has 0 saturated heterocycles. The SMILES string of the molecule is COC(=O)c1ccc(Oc2ccc(C3(C)CC3)cc2)nc1. The van der Waals surface area contributed by atoms with Crippen LogP contribution in [0.15, 0.2) is 42.6 Å². The first-order chi connectivity index (χ1) is 10.1. The predicted octanol–water partition coefficient (Wildman–Crippen LogP) is 3.71. The van der Waals surface area contributed by atoms with Crippen LogP contribution in [-0.4, -0.2) is 18.1 Å². The molecule has 1 fully saturated rings. The maximum atomic E-state index is 11.3. The van der Waals surface area contributed by atoms with Crippen molar-refractivity contribution in [2.45, 2.75) is 25.2 Å². The van der Waals surface area contributed by atoms with Crippen molar-refractivity contribution in [3.63, 3.8) is 0 Å². The number of carbonyl (C=O) groups is 1. The van der Waals surface area contributed by atoms with Crippen LogP contribution in [0, 0.1) is 0 Å². The summed E-state index contributed by atoms with van der Waals surface area (Å²) in [4.78, 5) is 15.4. The van der Waals surface area contributed by atoms with Crippen molar-refractivity contribution in [3.05, 3.63) is 53.7 Å². The van der Waals surface area contributed by atoms with Crippen LogP contribution in [0.2, 0.25) is 0 Å². The van der Waals surface area contributed by atoms with Crippen LogP contribution in [0.4, 0.5) is 0 Å². The molecular formula is C17H17NO3. The van der Waals surface area contributed by atoms with Gasteiger partial charge in [0.15, 0.2) is 0 Å². The molecule has 4 heteroatoms. The van der Waals surface area contributed by atoms with Gasteiger partial charge >= 0.3 is 5.97 Å². The third-order valence-corrected chi connectivity index (χ3v) is 3.93. The summed E-state index contributed by atoms with van der Waals surface area (Å²) in [5.74, 6) is 0.783. The molecule has 1 heterocycles. The highest BCUT2D eigenvalue weighted by molar-refractivity contribution is 5.88. The minimum absolute atomic E-state index is 0.360. The smallest absolute Gasteiger partial charge is 0.339 e. The highest BCUT2D eigenvalue weighted by Gasteiger charge is 2.38. The van der Waals surface area contributed by atoms with Crippen LogP contribution < -0.4 is 4.74 Å². The molecule has 0 aliphatic heterocycles. The average Bonchev–Trinajstić information content (AvgIpc) is 3.27. The van der Waals surface area contributed by atoms with Gasteiger partial charge in [-0.1, -0.05) is 19.1 Å². The van der Waals surface area contributed by atoms with Gasteiger partial charge in [0.05, 0.1) is 12.7 Å². The van der Waals surface area contributed by atoms with Crippen molar-refractivity contribution in [1.82, 2.24) is 4.98 Å². The summed E-state index contributed by atoms with van der Waals surface area (Å²) >= 11 is 0. The Morgan fingerprint density at radius 3 is 2.38 bits per heavy atom. The van der Waals surface area contributed by atoms with Gasteiger partial charge in [-0.25, -0.2) is 9.78 Å². The Hall–Kier alpha value is -2.36. The van der Waals surface area contributed by atoms with E-state index in [2.05, 4.69) is 28.8 Å². The van der Waals surface area contributed by atoms with Crippen molar-refractivity contribution >= 4 is 5.97 Å².